The van der Waals surface area contributed by atoms with Gasteiger partial charge in [0, 0.05) is 57.0 Å². The van der Waals surface area contributed by atoms with Gasteiger partial charge in [-0.1, -0.05) is 25.7 Å². The van der Waals surface area contributed by atoms with Gasteiger partial charge in [-0.25, -0.2) is 19.9 Å². The van der Waals surface area contributed by atoms with E-state index in [-0.39, 0.29) is 11.9 Å². The molecule has 0 unspecified atom stereocenters. The molecule has 2 aromatic rings. The molecule has 1 N–H and O–H groups in total. The van der Waals surface area contributed by atoms with Crippen LogP contribution in [0.25, 0.3) is 0 Å². The van der Waals surface area contributed by atoms with E-state index in [0.717, 1.165) is 45.0 Å². The van der Waals surface area contributed by atoms with Crippen molar-refractivity contribution in [3.63, 3.8) is 0 Å². The number of piperazine rings is 1. The molecule has 1 saturated carbocycles. The highest BCUT2D eigenvalue weighted by Crippen LogP contribution is 2.18. The second kappa shape index (κ2) is 8.95. The Morgan fingerprint density at radius 1 is 0.821 bits per heavy atom. The van der Waals surface area contributed by atoms with Crippen molar-refractivity contribution in [2.45, 2.75) is 44.6 Å². The van der Waals surface area contributed by atoms with Gasteiger partial charge in [-0.2, -0.15) is 0 Å². The molecule has 28 heavy (non-hydrogen) atoms. The molecule has 4 rings (SSSR count). The minimum absolute atomic E-state index is 0.0653. The molecule has 8 heteroatoms. The van der Waals surface area contributed by atoms with Gasteiger partial charge in [-0.05, 0) is 18.9 Å². The van der Waals surface area contributed by atoms with E-state index < -0.39 is 0 Å². The van der Waals surface area contributed by atoms with Crippen LogP contribution in [0.2, 0.25) is 0 Å². The number of nitrogens with zero attached hydrogens (tertiary/aromatic N) is 6. The van der Waals surface area contributed by atoms with Crippen molar-refractivity contribution in [1.29, 1.82) is 0 Å². The zero-order valence-electron chi connectivity index (χ0n) is 16.1. The van der Waals surface area contributed by atoms with Crippen molar-refractivity contribution >= 4 is 17.8 Å². The Labute approximate surface area is 165 Å². The van der Waals surface area contributed by atoms with Crippen LogP contribution in [0.5, 0.6) is 0 Å². The smallest absolute Gasteiger partial charge is 0.254 e. The predicted molar refractivity (Wildman–Crippen MR) is 107 cm³/mol. The lowest BCUT2D eigenvalue weighted by Gasteiger charge is -2.34. The molecule has 0 radical (unpaired) electrons. The number of hydrogen-bond acceptors (Lipinski definition) is 7. The summed E-state index contributed by atoms with van der Waals surface area (Å²) in [6, 6.07) is 2.10. The van der Waals surface area contributed by atoms with Crippen molar-refractivity contribution in [2.24, 2.45) is 0 Å². The Kier molecular flexibility index (Phi) is 5.94. The predicted octanol–water partition coefficient (Wildman–Crippen LogP) is 2.05. The van der Waals surface area contributed by atoms with Crippen molar-refractivity contribution < 1.29 is 4.79 Å². The first-order chi connectivity index (χ1) is 13.8. The second-order valence-corrected chi connectivity index (χ2v) is 7.46. The van der Waals surface area contributed by atoms with Crippen molar-refractivity contribution in [3.8, 4) is 0 Å². The zero-order chi connectivity index (χ0) is 19.2. The van der Waals surface area contributed by atoms with Crippen LogP contribution in [0.3, 0.4) is 0 Å². The summed E-state index contributed by atoms with van der Waals surface area (Å²) < 4.78 is 0. The highest BCUT2D eigenvalue weighted by atomic mass is 16.1. The Morgan fingerprint density at radius 3 is 1.93 bits per heavy atom. The summed E-state index contributed by atoms with van der Waals surface area (Å²) in [4.78, 5) is 34.3. The van der Waals surface area contributed by atoms with Crippen molar-refractivity contribution in [1.82, 2.24) is 25.3 Å². The van der Waals surface area contributed by atoms with Crippen LogP contribution >= 0.6 is 0 Å². The van der Waals surface area contributed by atoms with Gasteiger partial charge in [0.1, 0.15) is 0 Å². The molecule has 0 spiro atoms. The van der Waals surface area contributed by atoms with E-state index in [2.05, 4.69) is 35.1 Å². The number of hydrogen-bond donors (Lipinski definition) is 1. The fourth-order valence-corrected chi connectivity index (χ4v) is 3.86. The number of carbonyl (C=O) groups excluding carboxylic acids is 1. The van der Waals surface area contributed by atoms with E-state index in [4.69, 9.17) is 0 Å². The third kappa shape index (κ3) is 4.55. The van der Waals surface area contributed by atoms with E-state index in [1.807, 2.05) is 6.07 Å². The van der Waals surface area contributed by atoms with Gasteiger partial charge in [0.05, 0.1) is 5.56 Å². The first kappa shape index (κ1) is 18.6. The number of nitrogens with one attached hydrogen (secondary N) is 1. The maximum Gasteiger partial charge on any atom is 0.254 e. The summed E-state index contributed by atoms with van der Waals surface area (Å²) in [7, 11) is 0. The molecule has 2 aliphatic rings. The third-order valence-corrected chi connectivity index (χ3v) is 5.49. The molecule has 0 aromatic carbocycles. The van der Waals surface area contributed by atoms with Gasteiger partial charge in [0.15, 0.2) is 0 Å². The van der Waals surface area contributed by atoms with Gasteiger partial charge in [0.2, 0.25) is 11.9 Å². The molecule has 148 valence electrons. The van der Waals surface area contributed by atoms with Crippen LogP contribution in [0, 0.1) is 0 Å². The van der Waals surface area contributed by atoms with E-state index in [1.165, 1.54) is 25.7 Å². The largest absolute Gasteiger partial charge is 0.349 e. The molecule has 2 fully saturated rings. The number of amides is 1. The standard InChI is InChI=1S/C20H27N7O/c28-18(25-17-6-3-1-2-4-7-17)16-14-23-20(24-15-16)27-12-10-26(11-13-27)19-21-8-5-9-22-19/h5,8-9,14-15,17H,1-4,6-7,10-13H2,(H,25,28). The molecule has 2 aromatic heterocycles. The molecular formula is C20H27N7O. The summed E-state index contributed by atoms with van der Waals surface area (Å²) in [6.07, 6.45) is 13.9. The van der Waals surface area contributed by atoms with Gasteiger partial charge >= 0.3 is 0 Å². The molecule has 0 bridgehead atoms. The van der Waals surface area contributed by atoms with E-state index >= 15 is 0 Å². The summed E-state index contributed by atoms with van der Waals surface area (Å²) in [5.41, 5.74) is 0.532. The lowest BCUT2D eigenvalue weighted by Crippen LogP contribution is -2.47. The van der Waals surface area contributed by atoms with E-state index in [9.17, 15) is 4.79 Å². The van der Waals surface area contributed by atoms with Crippen LogP contribution in [0.4, 0.5) is 11.9 Å². The van der Waals surface area contributed by atoms with E-state index in [0.29, 0.717) is 11.5 Å². The molecule has 8 nitrogen and oxygen atoms in total. The highest BCUT2D eigenvalue weighted by Gasteiger charge is 2.21. The summed E-state index contributed by atoms with van der Waals surface area (Å²) in [5.74, 6) is 1.36. The number of carbonyl (C=O) groups is 1. The average molecular weight is 381 g/mol. The fourth-order valence-electron chi connectivity index (χ4n) is 3.86. The summed E-state index contributed by atoms with van der Waals surface area (Å²) in [6.45, 7) is 3.23. The van der Waals surface area contributed by atoms with Crippen LogP contribution in [0.15, 0.2) is 30.9 Å². The molecule has 1 amide bonds. The number of anilines is 2. The number of aromatic nitrogens is 4. The third-order valence-electron chi connectivity index (χ3n) is 5.49. The number of rotatable bonds is 4. The van der Waals surface area contributed by atoms with Crippen LogP contribution < -0.4 is 15.1 Å². The first-order valence-electron chi connectivity index (χ1n) is 10.2. The Bertz CT molecular complexity index is 752. The van der Waals surface area contributed by atoms with Gasteiger partial charge in [-0.15, -0.1) is 0 Å². The van der Waals surface area contributed by atoms with Crippen LogP contribution in [0.1, 0.15) is 48.9 Å². The fraction of sp³-hybridized carbons (Fsp3) is 0.550. The monoisotopic (exact) mass is 381 g/mol. The van der Waals surface area contributed by atoms with Crippen molar-refractivity contribution in [2.75, 3.05) is 36.0 Å². The summed E-state index contributed by atoms with van der Waals surface area (Å²) >= 11 is 0. The van der Waals surface area contributed by atoms with Gasteiger partial charge in [-0.3, -0.25) is 4.79 Å². The lowest BCUT2D eigenvalue weighted by molar-refractivity contribution is 0.0932. The first-order valence-corrected chi connectivity index (χ1v) is 10.2. The highest BCUT2D eigenvalue weighted by molar-refractivity contribution is 5.93. The zero-order valence-corrected chi connectivity index (χ0v) is 16.1. The minimum Gasteiger partial charge on any atom is -0.349 e. The van der Waals surface area contributed by atoms with Crippen LogP contribution in [-0.2, 0) is 0 Å². The van der Waals surface area contributed by atoms with Crippen molar-refractivity contribution in [3.05, 3.63) is 36.4 Å². The Morgan fingerprint density at radius 2 is 1.36 bits per heavy atom. The van der Waals surface area contributed by atoms with E-state index in [1.54, 1.807) is 24.8 Å². The molecule has 1 aliphatic heterocycles. The Balaban J connectivity index is 1.31. The van der Waals surface area contributed by atoms with Crippen LogP contribution in [-0.4, -0.2) is 58.1 Å². The van der Waals surface area contributed by atoms with Gasteiger partial charge in [0.25, 0.3) is 5.91 Å². The average Bonchev–Trinajstić information content (AvgIpc) is 3.03. The lowest BCUT2D eigenvalue weighted by atomic mass is 10.1. The SMILES string of the molecule is O=C(NC1CCCCCC1)c1cnc(N2CCN(c3ncccn3)CC2)nc1. The summed E-state index contributed by atoms with van der Waals surface area (Å²) in [5, 5.41) is 3.15. The molecular weight excluding hydrogens is 354 g/mol. The van der Waals surface area contributed by atoms with Gasteiger partial charge < -0.3 is 15.1 Å². The quantitative estimate of drug-likeness (QED) is 0.811. The normalized spacial score (nSPS) is 18.6. The topological polar surface area (TPSA) is 87.1 Å². The molecule has 1 aliphatic carbocycles. The maximum absolute atomic E-state index is 12.5. The molecule has 3 heterocycles. The molecule has 1 saturated heterocycles. The maximum atomic E-state index is 12.5. The molecule has 0 atom stereocenters. The Hall–Kier alpha value is -2.77. The second-order valence-electron chi connectivity index (χ2n) is 7.46. The minimum atomic E-state index is -0.0653.